The van der Waals surface area contributed by atoms with Crippen LogP contribution in [-0.4, -0.2) is 55.7 Å². The van der Waals surface area contributed by atoms with Crippen LogP contribution in [0.5, 0.6) is 0 Å². The summed E-state index contributed by atoms with van der Waals surface area (Å²) in [6, 6.07) is 8.57. The van der Waals surface area contributed by atoms with Crippen LogP contribution in [0.1, 0.15) is 23.2 Å². The predicted octanol–water partition coefficient (Wildman–Crippen LogP) is 2.23. The topological polar surface area (TPSA) is 105 Å². The number of benzene rings is 1. The molecule has 154 valence electrons. The Hall–Kier alpha value is -3.82. The molecule has 3 heterocycles. The Kier molecular flexibility index (Phi) is 5.64. The van der Waals surface area contributed by atoms with Crippen molar-refractivity contribution < 1.29 is 14.0 Å². The first-order valence-corrected chi connectivity index (χ1v) is 9.52. The lowest BCUT2D eigenvalue weighted by Gasteiger charge is -2.32. The molecule has 1 aliphatic rings. The number of likely N-dealkylation sites (tertiary alicyclic amines) is 1. The van der Waals surface area contributed by atoms with Crippen molar-refractivity contribution in [2.75, 3.05) is 18.4 Å². The smallest absolute Gasteiger partial charge is 0.319 e. The number of carbonyl (C=O) groups excluding carboxylic acids is 2. The van der Waals surface area contributed by atoms with Crippen LogP contribution >= 0.6 is 0 Å². The number of hydrogen-bond acceptors (Lipinski definition) is 5. The number of rotatable bonds is 4. The molecule has 1 aromatic carbocycles. The quantitative estimate of drug-likeness (QED) is 0.688. The number of nitrogens with zero attached hydrogens (tertiary/aromatic N) is 5. The Balaban J connectivity index is 1.33. The molecule has 0 saturated carbocycles. The number of pyridine rings is 1. The maximum absolute atomic E-state index is 13.0. The molecule has 0 spiro atoms. The summed E-state index contributed by atoms with van der Waals surface area (Å²) in [6.07, 6.45) is 5.73. The van der Waals surface area contributed by atoms with Gasteiger partial charge >= 0.3 is 6.03 Å². The summed E-state index contributed by atoms with van der Waals surface area (Å²) >= 11 is 0. The normalized spacial score (nSPS) is 14.4. The van der Waals surface area contributed by atoms with E-state index in [4.69, 9.17) is 0 Å². The first-order valence-electron chi connectivity index (χ1n) is 9.52. The van der Waals surface area contributed by atoms with E-state index in [-0.39, 0.29) is 23.8 Å². The molecule has 3 amide bonds. The highest BCUT2D eigenvalue weighted by atomic mass is 19.1. The van der Waals surface area contributed by atoms with E-state index in [0.29, 0.717) is 43.0 Å². The van der Waals surface area contributed by atoms with Gasteiger partial charge in [-0.25, -0.2) is 23.8 Å². The number of anilines is 1. The van der Waals surface area contributed by atoms with Crippen LogP contribution in [0.25, 0.3) is 5.82 Å². The van der Waals surface area contributed by atoms with Crippen molar-refractivity contribution in [1.82, 2.24) is 30.0 Å². The van der Waals surface area contributed by atoms with Gasteiger partial charge in [-0.15, -0.1) is 0 Å². The second-order valence-corrected chi connectivity index (χ2v) is 6.89. The highest BCUT2D eigenvalue weighted by Gasteiger charge is 2.26. The average molecular weight is 409 g/mol. The summed E-state index contributed by atoms with van der Waals surface area (Å²) in [5, 5.41) is 9.63. The zero-order valence-corrected chi connectivity index (χ0v) is 16.0. The van der Waals surface area contributed by atoms with E-state index in [2.05, 4.69) is 25.7 Å². The van der Waals surface area contributed by atoms with Crippen molar-refractivity contribution in [2.45, 2.75) is 18.9 Å². The van der Waals surface area contributed by atoms with Crippen LogP contribution in [0, 0.1) is 5.82 Å². The van der Waals surface area contributed by atoms with Crippen molar-refractivity contribution in [3.05, 3.63) is 66.6 Å². The van der Waals surface area contributed by atoms with Crippen molar-refractivity contribution >= 4 is 17.6 Å². The molecule has 0 radical (unpaired) electrons. The van der Waals surface area contributed by atoms with Gasteiger partial charge in [-0.05, 0) is 49.2 Å². The number of urea groups is 1. The zero-order valence-electron chi connectivity index (χ0n) is 16.0. The zero-order chi connectivity index (χ0) is 20.9. The average Bonchev–Trinajstić information content (AvgIpc) is 3.30. The van der Waals surface area contributed by atoms with Crippen LogP contribution in [-0.2, 0) is 0 Å². The van der Waals surface area contributed by atoms with Gasteiger partial charge < -0.3 is 15.5 Å². The van der Waals surface area contributed by atoms with Gasteiger partial charge in [0, 0.05) is 31.0 Å². The summed E-state index contributed by atoms with van der Waals surface area (Å²) in [6.45, 7) is 1.01. The molecule has 1 saturated heterocycles. The summed E-state index contributed by atoms with van der Waals surface area (Å²) < 4.78 is 14.4. The predicted molar refractivity (Wildman–Crippen MR) is 107 cm³/mol. The minimum absolute atomic E-state index is 0.0572. The van der Waals surface area contributed by atoms with E-state index < -0.39 is 0 Å². The molecule has 1 aliphatic heterocycles. The number of nitrogens with one attached hydrogen (secondary N) is 2. The number of halogens is 1. The third-order valence-corrected chi connectivity index (χ3v) is 4.87. The molecule has 0 atom stereocenters. The van der Waals surface area contributed by atoms with Gasteiger partial charge in [-0.1, -0.05) is 0 Å². The molecule has 9 nitrogen and oxygen atoms in total. The number of amides is 3. The van der Waals surface area contributed by atoms with Crippen LogP contribution in [0.3, 0.4) is 0 Å². The number of carbonyl (C=O) groups is 2. The Morgan fingerprint density at radius 1 is 1.10 bits per heavy atom. The van der Waals surface area contributed by atoms with Crippen LogP contribution in [0.2, 0.25) is 0 Å². The Morgan fingerprint density at radius 2 is 1.87 bits per heavy atom. The molecule has 1 fully saturated rings. The molecular formula is C20H20FN7O2. The molecular weight excluding hydrogens is 389 g/mol. The molecule has 30 heavy (non-hydrogen) atoms. The van der Waals surface area contributed by atoms with E-state index >= 15 is 0 Å². The van der Waals surface area contributed by atoms with Gasteiger partial charge in [0.15, 0.2) is 5.82 Å². The third kappa shape index (κ3) is 4.43. The molecule has 4 rings (SSSR count). The Bertz CT molecular complexity index is 1020. The largest absolute Gasteiger partial charge is 0.338 e. The fourth-order valence-electron chi connectivity index (χ4n) is 3.35. The van der Waals surface area contributed by atoms with Gasteiger partial charge in [0.1, 0.15) is 18.5 Å². The monoisotopic (exact) mass is 409 g/mol. The number of hydrogen-bond donors (Lipinski definition) is 2. The first kappa shape index (κ1) is 19.5. The Morgan fingerprint density at radius 3 is 2.57 bits per heavy atom. The van der Waals surface area contributed by atoms with Crippen molar-refractivity contribution in [3.63, 3.8) is 0 Å². The van der Waals surface area contributed by atoms with Crippen LogP contribution in [0.4, 0.5) is 14.9 Å². The summed E-state index contributed by atoms with van der Waals surface area (Å²) in [5.74, 6) is -0.0691. The van der Waals surface area contributed by atoms with Crippen LogP contribution < -0.4 is 10.6 Å². The minimum atomic E-state index is -0.362. The van der Waals surface area contributed by atoms with Crippen molar-refractivity contribution in [3.8, 4) is 5.82 Å². The highest BCUT2D eigenvalue weighted by molar-refractivity contribution is 5.97. The lowest BCUT2D eigenvalue weighted by atomic mass is 10.0. The Labute approximate surface area is 171 Å². The summed E-state index contributed by atoms with van der Waals surface area (Å²) in [4.78, 5) is 35.1. The lowest BCUT2D eigenvalue weighted by Crippen LogP contribution is -2.47. The molecule has 10 heteroatoms. The molecule has 2 aromatic heterocycles. The van der Waals surface area contributed by atoms with Crippen LogP contribution in [0.15, 0.2) is 55.2 Å². The van der Waals surface area contributed by atoms with E-state index in [1.54, 1.807) is 23.2 Å². The van der Waals surface area contributed by atoms with Gasteiger partial charge in [0.25, 0.3) is 5.91 Å². The number of aromatic nitrogens is 4. The van der Waals surface area contributed by atoms with Gasteiger partial charge in [-0.2, -0.15) is 5.10 Å². The SMILES string of the molecule is O=C(Nc1ccc(F)cc1)NC1CCN(C(=O)c2cccnc2-n2cncn2)CC1. The second-order valence-electron chi connectivity index (χ2n) is 6.89. The molecule has 0 bridgehead atoms. The summed E-state index contributed by atoms with van der Waals surface area (Å²) in [5.41, 5.74) is 0.960. The number of piperidine rings is 1. The minimum Gasteiger partial charge on any atom is -0.338 e. The molecule has 3 aromatic rings. The van der Waals surface area contributed by atoms with Crippen molar-refractivity contribution in [1.29, 1.82) is 0 Å². The fraction of sp³-hybridized carbons (Fsp3) is 0.250. The van der Waals surface area contributed by atoms with Gasteiger partial charge in [0.2, 0.25) is 0 Å². The van der Waals surface area contributed by atoms with Crippen molar-refractivity contribution in [2.24, 2.45) is 0 Å². The molecule has 2 N–H and O–H groups in total. The first-order chi connectivity index (χ1) is 14.6. The van der Waals surface area contributed by atoms with Gasteiger partial charge in [-0.3, -0.25) is 4.79 Å². The lowest BCUT2D eigenvalue weighted by molar-refractivity contribution is 0.0708. The molecule has 0 aliphatic carbocycles. The van der Waals surface area contributed by atoms with Gasteiger partial charge in [0.05, 0.1) is 5.56 Å². The standard InChI is InChI=1S/C20H20FN7O2/c21-14-3-5-15(6-4-14)25-20(30)26-16-7-10-27(11-8-16)19(29)17-2-1-9-23-18(17)28-13-22-12-24-28/h1-6,9,12-13,16H,7-8,10-11H2,(H2,25,26,30). The summed E-state index contributed by atoms with van der Waals surface area (Å²) in [7, 11) is 0. The van der Waals surface area contributed by atoms with E-state index in [9.17, 15) is 14.0 Å². The highest BCUT2D eigenvalue weighted by Crippen LogP contribution is 2.18. The fourth-order valence-corrected chi connectivity index (χ4v) is 3.35. The van der Waals surface area contributed by atoms with E-state index in [0.717, 1.165) is 0 Å². The van der Waals surface area contributed by atoms with E-state index in [1.807, 2.05) is 0 Å². The van der Waals surface area contributed by atoms with E-state index in [1.165, 1.54) is 41.6 Å². The third-order valence-electron chi connectivity index (χ3n) is 4.87. The maximum atomic E-state index is 13.0. The molecule has 0 unspecified atom stereocenters. The second kappa shape index (κ2) is 8.68. The maximum Gasteiger partial charge on any atom is 0.319 e.